The molecule has 0 unspecified atom stereocenters. The van der Waals surface area contributed by atoms with E-state index in [2.05, 4.69) is 24.6 Å². The standard InChI is InChI=1S/C14H19Cl2FN2OSi/c1-21(2,3)5-4-20-9-19-13-6-10(16)11(17)7-12(13)18-14(19)8-15/h6-7H,4-5,8-9H2,1-3H3. The van der Waals surface area contributed by atoms with Crippen LogP contribution in [0.2, 0.25) is 30.7 Å². The quantitative estimate of drug-likeness (QED) is 0.422. The largest absolute Gasteiger partial charge is 0.361 e. The number of imidazole rings is 1. The van der Waals surface area contributed by atoms with Gasteiger partial charge >= 0.3 is 0 Å². The summed E-state index contributed by atoms with van der Waals surface area (Å²) in [5.41, 5.74) is 1.28. The molecule has 0 radical (unpaired) electrons. The first-order valence-corrected chi connectivity index (χ1v) is 11.4. The second-order valence-corrected chi connectivity index (χ2v) is 12.5. The minimum Gasteiger partial charge on any atom is -0.361 e. The van der Waals surface area contributed by atoms with Crippen molar-refractivity contribution in [2.75, 3.05) is 6.61 Å². The zero-order chi connectivity index (χ0) is 15.6. The van der Waals surface area contributed by atoms with Crippen molar-refractivity contribution in [3.63, 3.8) is 0 Å². The van der Waals surface area contributed by atoms with Crippen LogP contribution in [0.5, 0.6) is 0 Å². The van der Waals surface area contributed by atoms with E-state index in [4.69, 9.17) is 27.9 Å². The van der Waals surface area contributed by atoms with Gasteiger partial charge in [0, 0.05) is 20.7 Å². The molecule has 0 amide bonds. The molecule has 0 spiro atoms. The molecule has 0 aliphatic carbocycles. The Kier molecular flexibility index (Phi) is 5.30. The zero-order valence-corrected chi connectivity index (χ0v) is 14.9. The third-order valence-corrected chi connectivity index (χ3v) is 5.44. The molecule has 0 aliphatic heterocycles. The van der Waals surface area contributed by atoms with Crippen LogP contribution in [0.25, 0.3) is 11.0 Å². The van der Waals surface area contributed by atoms with Gasteiger partial charge in [-0.25, -0.2) is 9.37 Å². The second kappa shape index (κ2) is 6.65. The summed E-state index contributed by atoms with van der Waals surface area (Å²) in [6, 6.07) is 3.98. The second-order valence-electron chi connectivity index (χ2n) is 6.19. The predicted molar refractivity (Wildman–Crippen MR) is 88.4 cm³/mol. The topological polar surface area (TPSA) is 27.1 Å². The number of hydrogen-bond acceptors (Lipinski definition) is 2. The lowest BCUT2D eigenvalue weighted by Gasteiger charge is -2.16. The van der Waals surface area contributed by atoms with E-state index in [0.29, 0.717) is 24.7 Å². The summed E-state index contributed by atoms with van der Waals surface area (Å²) < 4.78 is 21.1. The lowest BCUT2D eigenvalue weighted by atomic mass is 10.3. The highest BCUT2D eigenvalue weighted by molar-refractivity contribution is 6.76. The van der Waals surface area contributed by atoms with Gasteiger partial charge in [0.2, 0.25) is 0 Å². The van der Waals surface area contributed by atoms with Gasteiger partial charge in [-0.1, -0.05) is 31.2 Å². The van der Waals surface area contributed by atoms with E-state index in [-0.39, 0.29) is 10.9 Å². The molecule has 0 atom stereocenters. The smallest absolute Gasteiger partial charge is 0.144 e. The van der Waals surface area contributed by atoms with Gasteiger partial charge in [0.1, 0.15) is 18.4 Å². The Bertz CT molecular complexity index is 640. The van der Waals surface area contributed by atoms with E-state index in [1.807, 2.05) is 4.57 Å². The predicted octanol–water partition coefficient (Wildman–Crippen LogP) is 4.88. The molecule has 0 bridgehead atoms. The first-order valence-electron chi connectivity index (χ1n) is 6.80. The van der Waals surface area contributed by atoms with E-state index >= 15 is 0 Å². The van der Waals surface area contributed by atoms with Gasteiger partial charge in [-0.3, -0.25) is 0 Å². The summed E-state index contributed by atoms with van der Waals surface area (Å²) in [5, 5.41) is 0.0758. The SMILES string of the molecule is C[Si](C)(C)CCOCn1c(CCl)nc2cc(F)c(Cl)cc21. The van der Waals surface area contributed by atoms with Crippen molar-refractivity contribution in [1.29, 1.82) is 0 Å². The molecule has 3 nitrogen and oxygen atoms in total. The first-order chi connectivity index (χ1) is 9.81. The number of halogens is 3. The molecule has 2 aromatic rings. The molecular weight excluding hydrogens is 330 g/mol. The Labute approximate surface area is 135 Å². The van der Waals surface area contributed by atoms with Crippen LogP contribution >= 0.6 is 23.2 Å². The number of hydrogen-bond donors (Lipinski definition) is 0. The number of fused-ring (bicyclic) bond motifs is 1. The normalized spacial score (nSPS) is 12.3. The van der Waals surface area contributed by atoms with Gasteiger partial charge in [0.15, 0.2) is 0 Å². The van der Waals surface area contributed by atoms with Gasteiger partial charge in [-0.05, 0) is 12.1 Å². The minimum absolute atomic E-state index is 0.0758. The molecule has 0 N–H and O–H groups in total. The number of ether oxygens (including phenoxy) is 1. The van der Waals surface area contributed by atoms with Gasteiger partial charge in [-0.2, -0.15) is 0 Å². The van der Waals surface area contributed by atoms with Crippen molar-refractivity contribution in [3.8, 4) is 0 Å². The summed E-state index contributed by atoms with van der Waals surface area (Å²) >= 11 is 11.8. The van der Waals surface area contributed by atoms with Crippen LogP contribution in [0.4, 0.5) is 4.39 Å². The van der Waals surface area contributed by atoms with Crippen molar-refractivity contribution >= 4 is 42.3 Å². The fourth-order valence-corrected chi connectivity index (χ4v) is 3.07. The molecule has 0 fully saturated rings. The summed E-state index contributed by atoms with van der Waals surface area (Å²) in [5.74, 6) is 0.418. The number of benzene rings is 1. The molecule has 2 rings (SSSR count). The highest BCUT2D eigenvalue weighted by Gasteiger charge is 2.15. The molecule has 7 heteroatoms. The van der Waals surface area contributed by atoms with Crippen LogP contribution < -0.4 is 0 Å². The molecular formula is C14H19Cl2FN2OSi. The fourth-order valence-electron chi connectivity index (χ4n) is 1.95. The third-order valence-electron chi connectivity index (χ3n) is 3.21. The van der Waals surface area contributed by atoms with Crippen LogP contribution in [0.1, 0.15) is 5.82 Å². The van der Waals surface area contributed by atoms with E-state index in [0.717, 1.165) is 11.6 Å². The molecule has 1 aromatic heterocycles. The van der Waals surface area contributed by atoms with Crippen molar-refractivity contribution < 1.29 is 9.13 Å². The molecule has 116 valence electrons. The van der Waals surface area contributed by atoms with Crippen LogP contribution in [0, 0.1) is 5.82 Å². The highest BCUT2D eigenvalue weighted by atomic mass is 35.5. The van der Waals surface area contributed by atoms with Crippen LogP contribution in [0.3, 0.4) is 0 Å². The molecule has 1 heterocycles. The van der Waals surface area contributed by atoms with E-state index < -0.39 is 13.9 Å². The lowest BCUT2D eigenvalue weighted by molar-refractivity contribution is 0.0883. The maximum Gasteiger partial charge on any atom is 0.144 e. The van der Waals surface area contributed by atoms with Crippen molar-refractivity contribution in [2.24, 2.45) is 0 Å². The van der Waals surface area contributed by atoms with Gasteiger partial charge < -0.3 is 9.30 Å². The van der Waals surface area contributed by atoms with Crippen LogP contribution in [-0.4, -0.2) is 24.2 Å². The Morgan fingerprint density at radius 2 is 2.05 bits per heavy atom. The van der Waals surface area contributed by atoms with Crippen LogP contribution in [0.15, 0.2) is 12.1 Å². The number of aromatic nitrogens is 2. The van der Waals surface area contributed by atoms with Gasteiger partial charge in [0.25, 0.3) is 0 Å². The summed E-state index contributed by atoms with van der Waals surface area (Å²) in [7, 11) is -1.12. The summed E-state index contributed by atoms with van der Waals surface area (Å²) in [6.45, 7) is 7.96. The maximum atomic E-state index is 13.5. The van der Waals surface area contributed by atoms with E-state index in [1.54, 1.807) is 6.07 Å². The summed E-state index contributed by atoms with van der Waals surface area (Å²) in [4.78, 5) is 4.32. The third kappa shape index (κ3) is 4.19. The Morgan fingerprint density at radius 3 is 2.67 bits per heavy atom. The molecule has 0 saturated heterocycles. The maximum absolute atomic E-state index is 13.5. The Balaban J connectivity index is 2.19. The Morgan fingerprint density at radius 1 is 1.33 bits per heavy atom. The van der Waals surface area contributed by atoms with E-state index in [9.17, 15) is 4.39 Å². The number of rotatable bonds is 6. The van der Waals surface area contributed by atoms with Crippen molar-refractivity contribution in [1.82, 2.24) is 9.55 Å². The molecule has 0 saturated carbocycles. The minimum atomic E-state index is -1.12. The van der Waals surface area contributed by atoms with Gasteiger partial charge in [-0.15, -0.1) is 11.6 Å². The lowest BCUT2D eigenvalue weighted by Crippen LogP contribution is -2.22. The molecule has 0 aliphatic rings. The highest BCUT2D eigenvalue weighted by Crippen LogP contribution is 2.24. The van der Waals surface area contributed by atoms with Crippen LogP contribution in [-0.2, 0) is 17.3 Å². The molecule has 1 aromatic carbocycles. The zero-order valence-electron chi connectivity index (χ0n) is 12.4. The van der Waals surface area contributed by atoms with Crippen molar-refractivity contribution in [3.05, 3.63) is 28.8 Å². The fraction of sp³-hybridized carbons (Fsp3) is 0.500. The average Bonchev–Trinajstić information content (AvgIpc) is 2.71. The van der Waals surface area contributed by atoms with E-state index in [1.165, 1.54) is 6.07 Å². The Hall–Kier alpha value is -0.623. The summed E-state index contributed by atoms with van der Waals surface area (Å²) in [6.07, 6.45) is 0. The van der Waals surface area contributed by atoms with Crippen molar-refractivity contribution in [2.45, 2.75) is 38.3 Å². The number of nitrogens with zero attached hydrogens (tertiary/aromatic N) is 2. The molecule has 21 heavy (non-hydrogen) atoms. The monoisotopic (exact) mass is 348 g/mol. The number of alkyl halides is 1. The first kappa shape index (κ1) is 16.7. The average molecular weight is 349 g/mol. The van der Waals surface area contributed by atoms with Gasteiger partial charge in [0.05, 0.1) is 21.9 Å².